The van der Waals surface area contributed by atoms with E-state index in [4.69, 9.17) is 0 Å². The van der Waals surface area contributed by atoms with Crippen LogP contribution < -0.4 is 5.32 Å². The summed E-state index contributed by atoms with van der Waals surface area (Å²) in [6, 6.07) is 4.60. The maximum absolute atomic E-state index is 13.1. The molecule has 0 spiro atoms. The smallest absolute Gasteiger partial charge is 0.213 e. The summed E-state index contributed by atoms with van der Waals surface area (Å²) in [7, 11) is 1.88. The number of imidazole rings is 2. The van der Waals surface area contributed by atoms with Gasteiger partial charge in [0.15, 0.2) is 0 Å². The molecule has 0 saturated carbocycles. The number of aromatic amines is 1. The molecule has 2 aromatic heterocycles. The summed E-state index contributed by atoms with van der Waals surface area (Å²) in [6.45, 7) is 0.715. The van der Waals surface area contributed by atoms with Crippen molar-refractivity contribution >= 4 is 32.7 Å². The number of rotatable bonds is 2. The molecule has 4 nitrogen and oxygen atoms in total. The quantitative estimate of drug-likeness (QED) is 0.763. The van der Waals surface area contributed by atoms with Gasteiger partial charge in [-0.25, -0.2) is 9.37 Å². The highest BCUT2D eigenvalue weighted by atomic mass is 79.9. The molecular weight excluding hydrogens is 287 g/mol. The molecular formula is C11H10BrFN4. The number of H-pyrrole nitrogens is 1. The van der Waals surface area contributed by atoms with E-state index in [0.717, 1.165) is 15.8 Å². The van der Waals surface area contributed by atoms with Crippen LogP contribution >= 0.6 is 15.9 Å². The minimum Gasteiger partial charge on any atom is -0.325 e. The number of nitrogens with zero attached hydrogens (tertiary/aromatic N) is 2. The van der Waals surface area contributed by atoms with Crippen LogP contribution in [0.25, 0.3) is 16.8 Å². The molecule has 0 atom stereocenters. The van der Waals surface area contributed by atoms with E-state index in [0.29, 0.717) is 17.8 Å². The first-order valence-corrected chi connectivity index (χ1v) is 5.98. The lowest BCUT2D eigenvalue weighted by Gasteiger charge is -1.97. The fourth-order valence-corrected chi connectivity index (χ4v) is 2.55. The van der Waals surface area contributed by atoms with Gasteiger partial charge in [0.2, 0.25) is 5.78 Å². The van der Waals surface area contributed by atoms with Crippen molar-refractivity contribution in [2.45, 2.75) is 6.54 Å². The molecule has 17 heavy (non-hydrogen) atoms. The van der Waals surface area contributed by atoms with Crippen molar-refractivity contribution < 1.29 is 4.39 Å². The molecule has 0 radical (unpaired) electrons. The van der Waals surface area contributed by atoms with Crippen molar-refractivity contribution in [1.29, 1.82) is 0 Å². The fraction of sp³-hybridized carbons (Fsp3) is 0.182. The Labute approximate surface area is 105 Å². The third-order valence-corrected chi connectivity index (χ3v) is 3.51. The zero-order chi connectivity index (χ0) is 12.0. The van der Waals surface area contributed by atoms with Crippen LogP contribution in [0.5, 0.6) is 0 Å². The largest absolute Gasteiger partial charge is 0.325 e. The number of fused-ring (bicyclic) bond motifs is 3. The van der Waals surface area contributed by atoms with Crippen LogP contribution in [0.2, 0.25) is 0 Å². The topological polar surface area (TPSA) is 45.1 Å². The van der Waals surface area contributed by atoms with E-state index in [1.54, 1.807) is 6.07 Å². The van der Waals surface area contributed by atoms with Crippen molar-refractivity contribution in [2.24, 2.45) is 0 Å². The monoisotopic (exact) mass is 296 g/mol. The summed E-state index contributed by atoms with van der Waals surface area (Å²) in [5.41, 5.74) is 2.54. The van der Waals surface area contributed by atoms with E-state index in [2.05, 4.69) is 31.2 Å². The molecule has 0 saturated heterocycles. The lowest BCUT2D eigenvalue weighted by Crippen LogP contribution is -2.05. The first kappa shape index (κ1) is 10.7. The van der Waals surface area contributed by atoms with Gasteiger partial charge in [0.25, 0.3) is 0 Å². The Hall–Kier alpha value is -1.40. The number of benzene rings is 1. The summed E-state index contributed by atoms with van der Waals surface area (Å²) in [4.78, 5) is 7.54. The van der Waals surface area contributed by atoms with Gasteiger partial charge in [-0.3, -0.25) is 4.40 Å². The second-order valence-corrected chi connectivity index (χ2v) is 4.58. The van der Waals surface area contributed by atoms with E-state index in [1.165, 1.54) is 12.1 Å². The molecule has 3 aromatic rings. The van der Waals surface area contributed by atoms with Gasteiger partial charge in [0.1, 0.15) is 10.4 Å². The molecule has 0 aliphatic rings. The predicted molar refractivity (Wildman–Crippen MR) is 67.5 cm³/mol. The molecule has 2 N–H and O–H groups in total. The molecule has 6 heteroatoms. The van der Waals surface area contributed by atoms with Crippen LogP contribution in [-0.4, -0.2) is 21.4 Å². The lowest BCUT2D eigenvalue weighted by molar-refractivity contribution is 0.629. The molecule has 0 aliphatic carbocycles. The van der Waals surface area contributed by atoms with E-state index < -0.39 is 0 Å². The Bertz CT molecular complexity index is 700. The van der Waals surface area contributed by atoms with Crippen LogP contribution in [0.15, 0.2) is 22.8 Å². The minimum atomic E-state index is -0.273. The summed E-state index contributed by atoms with van der Waals surface area (Å²) in [5.74, 6) is 0.438. The Morgan fingerprint density at radius 3 is 3.12 bits per heavy atom. The third-order valence-electron chi connectivity index (χ3n) is 2.68. The summed E-state index contributed by atoms with van der Waals surface area (Å²) >= 11 is 3.53. The van der Waals surface area contributed by atoms with Crippen LogP contribution in [-0.2, 0) is 6.54 Å². The fourth-order valence-electron chi connectivity index (χ4n) is 1.95. The highest BCUT2D eigenvalue weighted by Gasteiger charge is 2.13. The molecule has 0 bridgehead atoms. The predicted octanol–water partition coefficient (Wildman–Crippen LogP) is 2.44. The number of halogens is 2. The SMILES string of the molecule is CNCc1[nH]c2nc3cc(F)ccc3n2c1Br. The summed E-state index contributed by atoms with van der Waals surface area (Å²) in [5, 5.41) is 3.07. The maximum Gasteiger partial charge on any atom is 0.213 e. The van der Waals surface area contributed by atoms with Gasteiger partial charge in [-0.15, -0.1) is 0 Å². The van der Waals surface area contributed by atoms with E-state index in [-0.39, 0.29) is 5.82 Å². The minimum absolute atomic E-state index is 0.273. The Morgan fingerprint density at radius 2 is 2.35 bits per heavy atom. The Balaban J connectivity index is 2.34. The highest BCUT2D eigenvalue weighted by molar-refractivity contribution is 9.10. The van der Waals surface area contributed by atoms with E-state index >= 15 is 0 Å². The van der Waals surface area contributed by atoms with Gasteiger partial charge in [0.05, 0.1) is 16.7 Å². The number of hydrogen-bond acceptors (Lipinski definition) is 2. The third kappa shape index (κ3) is 1.56. The van der Waals surface area contributed by atoms with Gasteiger partial charge in [0, 0.05) is 12.6 Å². The van der Waals surface area contributed by atoms with Gasteiger partial charge >= 0.3 is 0 Å². The lowest BCUT2D eigenvalue weighted by atomic mass is 10.3. The van der Waals surface area contributed by atoms with Crippen LogP contribution in [0.4, 0.5) is 4.39 Å². The zero-order valence-electron chi connectivity index (χ0n) is 9.09. The average Bonchev–Trinajstić information content (AvgIpc) is 2.77. The van der Waals surface area contributed by atoms with E-state index in [9.17, 15) is 4.39 Å². The second-order valence-electron chi connectivity index (χ2n) is 3.83. The normalized spacial score (nSPS) is 11.7. The standard InChI is InChI=1S/C11H10BrFN4/c1-14-5-8-10(12)17-9-3-2-6(13)4-7(9)15-11(17)16-8/h2-4,14H,5H2,1H3,(H,15,16). The van der Waals surface area contributed by atoms with Crippen molar-refractivity contribution in [2.75, 3.05) is 7.05 Å². The van der Waals surface area contributed by atoms with Crippen LogP contribution in [0.3, 0.4) is 0 Å². The second kappa shape index (κ2) is 3.82. The van der Waals surface area contributed by atoms with Gasteiger partial charge in [-0.05, 0) is 35.1 Å². The molecule has 2 heterocycles. The molecule has 0 aliphatic heterocycles. The first-order chi connectivity index (χ1) is 8.20. The molecule has 88 valence electrons. The highest BCUT2D eigenvalue weighted by Crippen LogP contribution is 2.25. The van der Waals surface area contributed by atoms with E-state index in [1.807, 2.05) is 11.4 Å². The average molecular weight is 297 g/mol. The molecule has 0 fully saturated rings. The zero-order valence-corrected chi connectivity index (χ0v) is 10.7. The molecule has 0 unspecified atom stereocenters. The Morgan fingerprint density at radius 1 is 1.53 bits per heavy atom. The number of hydrogen-bond donors (Lipinski definition) is 2. The van der Waals surface area contributed by atoms with Crippen molar-refractivity contribution in [3.8, 4) is 0 Å². The molecule has 1 aromatic carbocycles. The van der Waals surface area contributed by atoms with Crippen molar-refractivity contribution in [1.82, 2.24) is 19.7 Å². The molecule has 0 amide bonds. The molecule has 3 rings (SSSR count). The first-order valence-electron chi connectivity index (χ1n) is 5.19. The van der Waals surface area contributed by atoms with Crippen LogP contribution in [0, 0.1) is 5.82 Å². The van der Waals surface area contributed by atoms with Gasteiger partial charge < -0.3 is 10.3 Å². The number of nitrogens with one attached hydrogen (secondary N) is 2. The van der Waals surface area contributed by atoms with Gasteiger partial charge in [-0.1, -0.05) is 0 Å². The van der Waals surface area contributed by atoms with Crippen molar-refractivity contribution in [3.63, 3.8) is 0 Å². The number of aromatic nitrogens is 3. The van der Waals surface area contributed by atoms with Gasteiger partial charge in [-0.2, -0.15) is 0 Å². The maximum atomic E-state index is 13.1. The summed E-state index contributed by atoms with van der Waals surface area (Å²) in [6.07, 6.45) is 0. The van der Waals surface area contributed by atoms with Crippen molar-refractivity contribution in [3.05, 3.63) is 34.3 Å². The van der Waals surface area contributed by atoms with Crippen LogP contribution in [0.1, 0.15) is 5.69 Å². The summed E-state index contributed by atoms with van der Waals surface area (Å²) < 4.78 is 15.9. The Kier molecular flexibility index (Phi) is 2.41.